The molecule has 0 fully saturated rings. The molecule has 4 heteroatoms. The minimum atomic E-state index is -0.345. The van der Waals surface area contributed by atoms with Crippen LogP contribution in [0.15, 0.2) is 4.99 Å². The Balaban J connectivity index is 3.14. The molecule has 0 heterocycles. The van der Waals surface area contributed by atoms with Gasteiger partial charge in [-0.2, -0.15) is 0 Å². The van der Waals surface area contributed by atoms with E-state index in [9.17, 15) is 0 Å². The van der Waals surface area contributed by atoms with E-state index in [-0.39, 0.29) is 11.4 Å². The van der Waals surface area contributed by atoms with Crippen molar-refractivity contribution in [3.8, 4) is 0 Å². The van der Waals surface area contributed by atoms with Crippen LogP contribution in [0.5, 0.6) is 0 Å². The van der Waals surface area contributed by atoms with E-state index >= 15 is 0 Å². The van der Waals surface area contributed by atoms with Gasteiger partial charge in [0.05, 0.1) is 0 Å². The number of hydrogen-bond donors (Lipinski definition) is 1. The van der Waals surface area contributed by atoms with Crippen molar-refractivity contribution in [2.24, 2.45) is 4.99 Å². The van der Waals surface area contributed by atoms with E-state index in [0.29, 0.717) is 0 Å². The molecule has 0 aromatic carbocycles. The van der Waals surface area contributed by atoms with Gasteiger partial charge < -0.3 is 5.11 Å². The molecule has 0 aliphatic heterocycles. The lowest BCUT2D eigenvalue weighted by atomic mass is 11.3. The van der Waals surface area contributed by atoms with Crippen molar-refractivity contribution in [3.63, 3.8) is 0 Å². The second kappa shape index (κ2) is 3.40. The summed E-state index contributed by atoms with van der Waals surface area (Å²) in [6.45, 7) is -0.345. The third-order valence-electron chi connectivity index (χ3n) is 0.190. The summed E-state index contributed by atoms with van der Waals surface area (Å²) >= 11 is 9.87. The van der Waals surface area contributed by atoms with Gasteiger partial charge in [-0.3, -0.25) is 0 Å². The quantitative estimate of drug-likeness (QED) is 0.519. The Morgan fingerprint density at radius 1 is 1.67 bits per heavy atom. The van der Waals surface area contributed by atoms with Gasteiger partial charge in [0.25, 0.3) is 0 Å². The summed E-state index contributed by atoms with van der Waals surface area (Å²) in [6, 6.07) is 0. The van der Waals surface area contributed by atoms with Gasteiger partial charge in [0, 0.05) is 0 Å². The second-order valence-electron chi connectivity index (χ2n) is 0.540. The summed E-state index contributed by atoms with van der Waals surface area (Å²) in [5.74, 6) is 0. The normalized spacial score (nSPS) is 7.83. The number of hydrogen-bond acceptors (Lipinski definition) is 2. The summed E-state index contributed by atoms with van der Waals surface area (Å²) in [7, 11) is 0. The minimum Gasteiger partial charge on any atom is -0.374 e. The lowest BCUT2D eigenvalue weighted by molar-refractivity contribution is 0.310. The molecule has 0 aliphatic carbocycles. The van der Waals surface area contributed by atoms with Gasteiger partial charge in [0.15, 0.2) is 4.63 Å². The predicted octanol–water partition coefficient (Wildman–Crippen LogP) is 0.770. The highest BCUT2D eigenvalue weighted by atomic mass is 35.5. The number of aliphatic hydroxyl groups is 1. The van der Waals surface area contributed by atoms with Gasteiger partial charge in [0.2, 0.25) is 0 Å². The summed E-state index contributed by atoms with van der Waals surface area (Å²) in [5.41, 5.74) is 0. The predicted molar refractivity (Wildman–Crippen MR) is 26.2 cm³/mol. The van der Waals surface area contributed by atoms with E-state index in [2.05, 4.69) is 4.99 Å². The minimum absolute atomic E-state index is 0.141. The average Bonchev–Trinajstić information content (AvgIpc) is 1.35. The zero-order chi connectivity index (χ0) is 4.99. The van der Waals surface area contributed by atoms with Crippen LogP contribution in [0.1, 0.15) is 0 Å². The van der Waals surface area contributed by atoms with Crippen LogP contribution < -0.4 is 0 Å². The van der Waals surface area contributed by atoms with E-state index in [1.165, 1.54) is 0 Å². The van der Waals surface area contributed by atoms with Gasteiger partial charge in [0.1, 0.15) is 6.73 Å². The molecule has 0 saturated carbocycles. The van der Waals surface area contributed by atoms with Crippen LogP contribution in [0.25, 0.3) is 0 Å². The molecule has 0 atom stereocenters. The third-order valence-corrected chi connectivity index (χ3v) is 0.429. The fraction of sp³-hybridized carbons (Fsp3) is 0.500. The fourth-order valence-electron chi connectivity index (χ4n) is 0.0535. The molecule has 1 N–H and O–H groups in total. The molecule has 2 nitrogen and oxygen atoms in total. The topological polar surface area (TPSA) is 32.6 Å². The number of halogens is 2. The maximum atomic E-state index is 7.88. The molecule has 0 saturated heterocycles. The Morgan fingerprint density at radius 3 is 2.17 bits per heavy atom. The van der Waals surface area contributed by atoms with E-state index in [4.69, 9.17) is 28.3 Å². The first-order valence-electron chi connectivity index (χ1n) is 1.23. The number of rotatable bonds is 1. The van der Waals surface area contributed by atoms with Gasteiger partial charge in [-0.05, 0) is 23.2 Å². The van der Waals surface area contributed by atoms with E-state index < -0.39 is 0 Å². The first kappa shape index (κ1) is 6.21. The Kier molecular flexibility index (Phi) is 3.52. The van der Waals surface area contributed by atoms with Gasteiger partial charge >= 0.3 is 0 Å². The maximum Gasteiger partial charge on any atom is 0.194 e. The molecule has 0 aromatic rings. The van der Waals surface area contributed by atoms with Crippen molar-refractivity contribution in [3.05, 3.63) is 0 Å². The first-order valence-corrected chi connectivity index (χ1v) is 1.99. The molecule has 0 aromatic heterocycles. The van der Waals surface area contributed by atoms with Gasteiger partial charge in [-0.1, -0.05) is 0 Å². The Labute approximate surface area is 45.4 Å². The number of aliphatic hydroxyl groups excluding tert-OH is 1. The summed E-state index contributed by atoms with van der Waals surface area (Å²) in [6.07, 6.45) is 0. The van der Waals surface area contributed by atoms with Crippen LogP contribution in [0.4, 0.5) is 0 Å². The number of aliphatic imine (C=N–C) groups is 1. The zero-order valence-corrected chi connectivity index (χ0v) is 4.37. The molecule has 0 rings (SSSR count). The van der Waals surface area contributed by atoms with Crippen LogP contribution in [0, 0.1) is 0 Å². The summed E-state index contributed by atoms with van der Waals surface area (Å²) in [4.78, 5) is 3.13. The highest BCUT2D eigenvalue weighted by Gasteiger charge is 1.75. The van der Waals surface area contributed by atoms with Crippen molar-refractivity contribution in [1.82, 2.24) is 0 Å². The Bertz CT molecular complexity index is 58.6. The van der Waals surface area contributed by atoms with Crippen molar-refractivity contribution >= 4 is 27.8 Å². The van der Waals surface area contributed by atoms with Crippen molar-refractivity contribution in [1.29, 1.82) is 0 Å². The largest absolute Gasteiger partial charge is 0.374 e. The van der Waals surface area contributed by atoms with E-state index in [1.807, 2.05) is 0 Å². The molecule has 0 radical (unpaired) electrons. The first-order chi connectivity index (χ1) is 2.77. The van der Waals surface area contributed by atoms with Crippen LogP contribution in [-0.2, 0) is 0 Å². The monoisotopic (exact) mass is 127 g/mol. The third kappa shape index (κ3) is 4.21. The number of nitrogens with zero attached hydrogens (tertiary/aromatic N) is 1. The highest BCUT2D eigenvalue weighted by molar-refractivity contribution is 6.95. The molecule has 0 bridgehead atoms. The molecular formula is C2H3Cl2NO. The van der Waals surface area contributed by atoms with Crippen molar-refractivity contribution in [2.75, 3.05) is 6.73 Å². The van der Waals surface area contributed by atoms with Crippen molar-refractivity contribution in [2.45, 2.75) is 0 Å². The van der Waals surface area contributed by atoms with E-state index in [1.54, 1.807) is 0 Å². The molecule has 0 aliphatic rings. The molecule has 0 spiro atoms. The van der Waals surface area contributed by atoms with Crippen LogP contribution in [-0.4, -0.2) is 16.5 Å². The van der Waals surface area contributed by atoms with Gasteiger partial charge in [-0.15, -0.1) is 0 Å². The van der Waals surface area contributed by atoms with E-state index in [0.717, 1.165) is 0 Å². The molecule has 0 unspecified atom stereocenters. The Hall–Kier alpha value is 0.210. The summed E-state index contributed by atoms with van der Waals surface area (Å²) in [5, 5.41) is 7.88. The smallest absolute Gasteiger partial charge is 0.194 e. The van der Waals surface area contributed by atoms with Crippen LogP contribution in [0.3, 0.4) is 0 Å². The van der Waals surface area contributed by atoms with Crippen LogP contribution in [0.2, 0.25) is 0 Å². The molecule has 36 valence electrons. The maximum absolute atomic E-state index is 7.88. The van der Waals surface area contributed by atoms with Crippen molar-refractivity contribution < 1.29 is 5.11 Å². The lowest BCUT2D eigenvalue weighted by Gasteiger charge is -1.75. The molecule has 6 heavy (non-hydrogen) atoms. The molecular weight excluding hydrogens is 125 g/mol. The van der Waals surface area contributed by atoms with Gasteiger partial charge in [-0.25, -0.2) is 4.99 Å². The average molecular weight is 128 g/mol. The molecule has 0 amide bonds. The fourth-order valence-corrected chi connectivity index (χ4v) is 0.160. The lowest BCUT2D eigenvalue weighted by Crippen LogP contribution is -1.75. The van der Waals surface area contributed by atoms with Crippen LogP contribution >= 0.6 is 23.2 Å². The zero-order valence-electron chi connectivity index (χ0n) is 2.86. The highest BCUT2D eigenvalue weighted by Crippen LogP contribution is 1.88. The summed E-state index contributed by atoms with van der Waals surface area (Å²) < 4.78 is -0.141. The SMILES string of the molecule is OCN=C(Cl)Cl. The second-order valence-corrected chi connectivity index (χ2v) is 1.45. The Morgan fingerprint density at radius 2 is 2.17 bits per heavy atom. The standard InChI is InChI=1S/C2H3Cl2NO/c3-2(4)5-1-6/h6H,1H2.